The second kappa shape index (κ2) is 7.74. The summed E-state index contributed by atoms with van der Waals surface area (Å²) in [7, 11) is 0. The Morgan fingerprint density at radius 2 is 2.19 bits per heavy atom. The van der Waals surface area contributed by atoms with Crippen molar-refractivity contribution < 1.29 is 9.59 Å². The molecule has 7 nitrogen and oxygen atoms in total. The van der Waals surface area contributed by atoms with Crippen molar-refractivity contribution in [2.45, 2.75) is 29.9 Å². The molecule has 27 heavy (non-hydrogen) atoms. The van der Waals surface area contributed by atoms with Crippen LogP contribution in [0.15, 0.2) is 41.7 Å². The molecule has 4 rings (SSSR count). The number of hydrogen-bond acceptors (Lipinski definition) is 5. The summed E-state index contributed by atoms with van der Waals surface area (Å²) in [5, 5.41) is 2.90. The van der Waals surface area contributed by atoms with Crippen LogP contribution in [0.4, 0.5) is 0 Å². The fourth-order valence-electron chi connectivity index (χ4n) is 3.78. The number of carbonyl (C=O) groups excluding carboxylic acids is 2. The van der Waals surface area contributed by atoms with E-state index in [0.717, 1.165) is 18.8 Å². The summed E-state index contributed by atoms with van der Waals surface area (Å²) in [4.78, 5) is 37.7. The number of rotatable bonds is 5. The molecule has 8 heteroatoms. The second-order valence-electron chi connectivity index (χ2n) is 6.98. The van der Waals surface area contributed by atoms with Gasteiger partial charge in [0.1, 0.15) is 12.1 Å². The van der Waals surface area contributed by atoms with Gasteiger partial charge in [-0.25, -0.2) is 4.98 Å². The lowest BCUT2D eigenvalue weighted by Crippen LogP contribution is -2.69. The van der Waals surface area contributed by atoms with Crippen LogP contribution in [0.25, 0.3) is 0 Å². The van der Waals surface area contributed by atoms with Gasteiger partial charge in [0.15, 0.2) is 0 Å². The average molecular weight is 385 g/mol. The number of nitrogens with zero attached hydrogens (tertiary/aromatic N) is 3. The molecule has 0 bridgehead atoms. The molecule has 0 unspecified atom stereocenters. The van der Waals surface area contributed by atoms with Crippen LogP contribution in [0.1, 0.15) is 11.3 Å². The minimum Gasteiger partial charge on any atom is -0.348 e. The van der Waals surface area contributed by atoms with E-state index in [2.05, 4.69) is 50.7 Å². The number of benzene rings is 1. The van der Waals surface area contributed by atoms with Crippen LogP contribution >= 0.6 is 11.8 Å². The van der Waals surface area contributed by atoms with Gasteiger partial charge < -0.3 is 15.2 Å². The number of aromatic amines is 1. The number of fused-ring (bicyclic) bond motifs is 1. The Bertz CT molecular complexity index is 825. The highest BCUT2D eigenvalue weighted by Crippen LogP contribution is 2.21. The van der Waals surface area contributed by atoms with Gasteiger partial charge in [-0.05, 0) is 24.0 Å². The van der Waals surface area contributed by atoms with Crippen molar-refractivity contribution in [1.29, 1.82) is 0 Å². The van der Waals surface area contributed by atoms with E-state index in [9.17, 15) is 9.59 Å². The molecule has 0 radical (unpaired) electrons. The lowest BCUT2D eigenvalue weighted by molar-refractivity contribution is -0.153. The topological polar surface area (TPSA) is 81.3 Å². The van der Waals surface area contributed by atoms with Crippen LogP contribution in [-0.2, 0) is 22.6 Å². The molecule has 0 aliphatic carbocycles. The van der Waals surface area contributed by atoms with E-state index in [1.807, 2.05) is 0 Å². The zero-order valence-corrected chi connectivity index (χ0v) is 16.0. The van der Waals surface area contributed by atoms with E-state index in [4.69, 9.17) is 0 Å². The molecular weight excluding hydrogens is 362 g/mol. The Kier molecular flexibility index (Phi) is 5.18. The molecule has 0 saturated carbocycles. The van der Waals surface area contributed by atoms with E-state index >= 15 is 0 Å². The summed E-state index contributed by atoms with van der Waals surface area (Å²) in [6, 6.07) is 7.53. The zero-order chi connectivity index (χ0) is 18.8. The smallest absolute Gasteiger partial charge is 0.246 e. The highest BCUT2D eigenvalue weighted by atomic mass is 32.2. The third-order valence-corrected chi connectivity index (χ3v) is 5.91. The molecule has 2 fully saturated rings. The van der Waals surface area contributed by atoms with Crippen LogP contribution in [0, 0.1) is 0 Å². The maximum atomic E-state index is 12.8. The number of nitrogens with one attached hydrogen (secondary N) is 2. The summed E-state index contributed by atoms with van der Waals surface area (Å²) in [6.07, 6.45) is 5.78. The molecule has 1 aromatic carbocycles. The minimum absolute atomic E-state index is 0.00164. The van der Waals surface area contributed by atoms with Crippen LogP contribution in [0.5, 0.6) is 0 Å². The summed E-state index contributed by atoms with van der Waals surface area (Å²) in [5.74, 6) is -0.0695. The summed E-state index contributed by atoms with van der Waals surface area (Å²) in [5.41, 5.74) is 2.08. The highest BCUT2D eigenvalue weighted by Gasteiger charge is 2.43. The van der Waals surface area contributed by atoms with Crippen LogP contribution in [0.2, 0.25) is 0 Å². The Balaban J connectivity index is 1.41. The van der Waals surface area contributed by atoms with Crippen molar-refractivity contribution in [3.63, 3.8) is 0 Å². The normalized spacial score (nSPS) is 23.2. The molecule has 2 amide bonds. The molecule has 3 heterocycles. The van der Waals surface area contributed by atoms with E-state index in [-0.39, 0.29) is 11.8 Å². The molecule has 2 aliphatic heterocycles. The minimum atomic E-state index is -0.515. The van der Waals surface area contributed by atoms with Gasteiger partial charge in [-0.15, -0.1) is 11.8 Å². The third kappa shape index (κ3) is 3.86. The first-order valence-corrected chi connectivity index (χ1v) is 10.3. The summed E-state index contributed by atoms with van der Waals surface area (Å²) < 4.78 is 0. The maximum Gasteiger partial charge on any atom is 0.246 e. The Morgan fingerprint density at radius 1 is 1.30 bits per heavy atom. The lowest BCUT2D eigenvalue weighted by Gasteiger charge is -2.45. The first kappa shape index (κ1) is 18.1. The monoisotopic (exact) mass is 385 g/mol. The first-order valence-electron chi connectivity index (χ1n) is 9.07. The van der Waals surface area contributed by atoms with Gasteiger partial charge in [-0.3, -0.25) is 14.5 Å². The van der Waals surface area contributed by atoms with Crippen molar-refractivity contribution in [3.05, 3.63) is 48.0 Å². The molecular formula is C19H23N5O2S. The Labute approximate surface area is 162 Å². The summed E-state index contributed by atoms with van der Waals surface area (Å²) in [6.45, 7) is 2.71. The molecule has 2 atom stereocenters. The Morgan fingerprint density at radius 3 is 2.96 bits per heavy atom. The van der Waals surface area contributed by atoms with Crippen molar-refractivity contribution in [1.82, 2.24) is 25.1 Å². The van der Waals surface area contributed by atoms with E-state index in [1.165, 1.54) is 10.5 Å². The van der Waals surface area contributed by atoms with Gasteiger partial charge in [-0.1, -0.05) is 12.1 Å². The molecule has 2 N–H and O–H groups in total. The van der Waals surface area contributed by atoms with Crippen molar-refractivity contribution >= 4 is 23.6 Å². The number of H-pyrrole nitrogens is 1. The third-order valence-electron chi connectivity index (χ3n) is 5.18. The fourth-order valence-corrected chi connectivity index (χ4v) is 4.27. The molecule has 1 aromatic heterocycles. The van der Waals surface area contributed by atoms with Crippen LogP contribution < -0.4 is 5.32 Å². The zero-order valence-electron chi connectivity index (χ0n) is 15.2. The molecule has 2 aliphatic rings. The van der Waals surface area contributed by atoms with Gasteiger partial charge in [0.25, 0.3) is 0 Å². The average Bonchev–Trinajstić information content (AvgIpc) is 3.19. The van der Waals surface area contributed by atoms with Crippen molar-refractivity contribution in [2.75, 3.05) is 25.9 Å². The summed E-state index contributed by atoms with van der Waals surface area (Å²) >= 11 is 1.72. The second-order valence-corrected chi connectivity index (χ2v) is 7.86. The number of aromatic nitrogens is 2. The van der Waals surface area contributed by atoms with E-state index < -0.39 is 12.1 Å². The van der Waals surface area contributed by atoms with Crippen LogP contribution in [0.3, 0.4) is 0 Å². The molecule has 2 saturated heterocycles. The number of thioether (sulfide) groups is 1. The molecule has 142 valence electrons. The maximum absolute atomic E-state index is 12.8. The van der Waals surface area contributed by atoms with Crippen molar-refractivity contribution in [3.8, 4) is 0 Å². The highest BCUT2D eigenvalue weighted by molar-refractivity contribution is 7.98. The largest absolute Gasteiger partial charge is 0.348 e. The number of piperazine rings is 2. The SMILES string of the molecule is CSc1cccc(CN2CCN3C(=O)[C@H](Cc4cnc[nH]4)NC(=O)[C@H]3C2)c1. The quantitative estimate of drug-likeness (QED) is 0.747. The molecule has 0 spiro atoms. The Hall–Kier alpha value is -2.32. The first-order chi connectivity index (χ1) is 13.1. The molecule has 2 aromatic rings. The standard InChI is InChI=1S/C19H23N5O2S/c1-27-15-4-2-3-13(7-15)10-23-5-6-24-17(11-23)18(25)22-16(19(24)26)8-14-9-20-12-21-14/h2-4,7,9,12,16-17H,5-6,8,10-11H2,1H3,(H,20,21)(H,22,25)/t16-,17+/m0/s1. The van der Waals surface area contributed by atoms with Gasteiger partial charge in [-0.2, -0.15) is 0 Å². The van der Waals surface area contributed by atoms with E-state index in [1.54, 1.807) is 29.2 Å². The van der Waals surface area contributed by atoms with Crippen LogP contribution in [-0.4, -0.2) is 69.6 Å². The van der Waals surface area contributed by atoms with Crippen molar-refractivity contribution in [2.24, 2.45) is 0 Å². The van der Waals surface area contributed by atoms with Gasteiger partial charge >= 0.3 is 0 Å². The van der Waals surface area contributed by atoms with Gasteiger partial charge in [0.2, 0.25) is 11.8 Å². The fraction of sp³-hybridized carbons (Fsp3) is 0.421. The number of imidazole rings is 1. The number of amides is 2. The van der Waals surface area contributed by atoms with E-state index in [0.29, 0.717) is 19.5 Å². The van der Waals surface area contributed by atoms with Gasteiger partial charge in [0.05, 0.1) is 6.33 Å². The predicted octanol–water partition coefficient (Wildman–Crippen LogP) is 0.885. The lowest BCUT2D eigenvalue weighted by atomic mass is 10.0. The predicted molar refractivity (Wildman–Crippen MR) is 103 cm³/mol. The van der Waals surface area contributed by atoms with Gasteiger partial charge in [0, 0.05) is 49.4 Å². The number of carbonyl (C=O) groups is 2. The number of hydrogen-bond donors (Lipinski definition) is 2.